The number of hydrogen-bond acceptors (Lipinski definition) is 4. The Morgan fingerprint density at radius 1 is 1.32 bits per heavy atom. The van der Waals surface area contributed by atoms with Crippen molar-refractivity contribution in [3.63, 3.8) is 0 Å². The summed E-state index contributed by atoms with van der Waals surface area (Å²) >= 11 is 0. The van der Waals surface area contributed by atoms with Gasteiger partial charge in [-0.15, -0.1) is 0 Å². The minimum atomic E-state index is -4.67. The van der Waals surface area contributed by atoms with Gasteiger partial charge >= 0.3 is 10.4 Å². The van der Waals surface area contributed by atoms with Crippen LogP contribution in [0.15, 0.2) is 4.99 Å². The van der Waals surface area contributed by atoms with E-state index in [2.05, 4.69) is 30.7 Å². The summed E-state index contributed by atoms with van der Waals surface area (Å²) < 4.78 is 31.6. The number of fused-ring (bicyclic) bond motifs is 2. The third-order valence-electron chi connectivity index (χ3n) is 5.38. The summed E-state index contributed by atoms with van der Waals surface area (Å²) in [4.78, 5) is 6.62. The maximum atomic E-state index is 8.74. The van der Waals surface area contributed by atoms with Crippen molar-refractivity contribution in [3.8, 4) is 0 Å². The van der Waals surface area contributed by atoms with E-state index in [-0.39, 0.29) is 5.96 Å². The second-order valence-electron chi connectivity index (χ2n) is 7.01. The van der Waals surface area contributed by atoms with Crippen LogP contribution < -0.4 is 11.5 Å². The number of likely N-dealkylation sites (tertiary alicyclic amines) is 1. The molecule has 0 spiro atoms. The first-order valence-corrected chi connectivity index (χ1v) is 8.72. The van der Waals surface area contributed by atoms with Gasteiger partial charge in [-0.25, -0.2) is 0 Å². The standard InChI is InChI=1S/C13H26N4.H2O4S/c1-12(2)10-4-5-13(12,3)9-17(8-10)7-6-16-11(14)15;1-5(2,3)4/h10H,4-9H2,1-3H3,(H4,14,15,16);(H2,1,2,3,4). The van der Waals surface area contributed by atoms with Crippen LogP contribution >= 0.6 is 0 Å². The molecule has 0 radical (unpaired) electrons. The van der Waals surface area contributed by atoms with Gasteiger partial charge in [-0.3, -0.25) is 14.1 Å². The number of aliphatic imine (C=N–C) groups is 1. The highest BCUT2D eigenvalue weighted by atomic mass is 32.3. The van der Waals surface area contributed by atoms with E-state index in [1.54, 1.807) is 0 Å². The second-order valence-corrected chi connectivity index (χ2v) is 7.90. The van der Waals surface area contributed by atoms with Crippen molar-refractivity contribution in [2.75, 3.05) is 26.2 Å². The maximum Gasteiger partial charge on any atom is 0.394 e. The molecule has 2 aliphatic rings. The van der Waals surface area contributed by atoms with Gasteiger partial charge in [0.1, 0.15) is 0 Å². The molecule has 6 N–H and O–H groups in total. The Morgan fingerprint density at radius 3 is 2.32 bits per heavy atom. The van der Waals surface area contributed by atoms with Crippen LogP contribution in [0.25, 0.3) is 0 Å². The lowest BCUT2D eigenvalue weighted by Crippen LogP contribution is -2.52. The Hall–Kier alpha value is -0.900. The number of rotatable bonds is 3. The largest absolute Gasteiger partial charge is 0.394 e. The fraction of sp³-hybridized carbons (Fsp3) is 0.923. The molecule has 1 saturated heterocycles. The average Bonchev–Trinajstić information content (AvgIpc) is 2.46. The molecule has 130 valence electrons. The van der Waals surface area contributed by atoms with Gasteiger partial charge in [-0.1, -0.05) is 20.8 Å². The van der Waals surface area contributed by atoms with E-state index in [0.29, 0.717) is 10.8 Å². The van der Waals surface area contributed by atoms with Crippen LogP contribution in [0.5, 0.6) is 0 Å². The minimum Gasteiger partial charge on any atom is -0.370 e. The molecule has 2 rings (SSSR count). The average molecular weight is 336 g/mol. The molecule has 1 aliphatic heterocycles. The zero-order chi connectivity index (χ0) is 17.2. The Labute approximate surface area is 132 Å². The molecule has 0 aromatic heterocycles. The zero-order valence-electron chi connectivity index (χ0n) is 13.5. The molecule has 9 heteroatoms. The molecule has 0 amide bonds. The lowest BCUT2D eigenvalue weighted by atomic mass is 9.63. The molecule has 1 saturated carbocycles. The molecule has 1 aliphatic carbocycles. The highest BCUT2D eigenvalue weighted by Crippen LogP contribution is 2.58. The summed E-state index contributed by atoms with van der Waals surface area (Å²) in [5.41, 5.74) is 11.7. The first kappa shape index (κ1) is 19.1. The van der Waals surface area contributed by atoms with Crippen molar-refractivity contribution in [1.29, 1.82) is 0 Å². The van der Waals surface area contributed by atoms with E-state index >= 15 is 0 Å². The monoisotopic (exact) mass is 336 g/mol. The molecule has 1 heterocycles. The number of nitrogens with zero attached hydrogens (tertiary/aromatic N) is 2. The fourth-order valence-corrected chi connectivity index (χ4v) is 3.63. The van der Waals surface area contributed by atoms with Gasteiger partial charge in [-0.05, 0) is 29.6 Å². The first-order valence-electron chi connectivity index (χ1n) is 7.33. The Balaban J connectivity index is 0.000000422. The summed E-state index contributed by atoms with van der Waals surface area (Å²) in [6, 6.07) is 0. The summed E-state index contributed by atoms with van der Waals surface area (Å²) in [6.07, 6.45) is 2.74. The molecule has 8 nitrogen and oxygen atoms in total. The van der Waals surface area contributed by atoms with Gasteiger partial charge < -0.3 is 16.4 Å². The SMILES string of the molecule is CC12CCC(CN(CCN=C(N)N)C1)C2(C)C.O=S(=O)(O)O. The van der Waals surface area contributed by atoms with Gasteiger partial charge in [0.05, 0.1) is 6.54 Å². The van der Waals surface area contributed by atoms with Crippen molar-refractivity contribution in [2.24, 2.45) is 33.2 Å². The van der Waals surface area contributed by atoms with Crippen molar-refractivity contribution in [2.45, 2.75) is 33.6 Å². The third-order valence-corrected chi connectivity index (χ3v) is 5.38. The van der Waals surface area contributed by atoms with Crippen LogP contribution in [-0.2, 0) is 10.4 Å². The minimum absolute atomic E-state index is 0.205. The van der Waals surface area contributed by atoms with E-state index in [0.717, 1.165) is 19.0 Å². The summed E-state index contributed by atoms with van der Waals surface area (Å²) in [5.74, 6) is 1.04. The van der Waals surface area contributed by atoms with E-state index in [9.17, 15) is 0 Å². The number of hydrogen-bond donors (Lipinski definition) is 4. The van der Waals surface area contributed by atoms with Crippen LogP contribution in [0.1, 0.15) is 33.6 Å². The smallest absolute Gasteiger partial charge is 0.370 e. The summed E-state index contributed by atoms with van der Waals surface area (Å²) in [7, 11) is -4.67. The highest BCUT2D eigenvalue weighted by molar-refractivity contribution is 7.79. The van der Waals surface area contributed by atoms with Crippen LogP contribution in [0.4, 0.5) is 0 Å². The Kier molecular flexibility index (Phi) is 5.82. The van der Waals surface area contributed by atoms with Gasteiger partial charge in [0.15, 0.2) is 5.96 Å². The summed E-state index contributed by atoms with van der Waals surface area (Å²) in [6.45, 7) is 11.4. The van der Waals surface area contributed by atoms with Crippen molar-refractivity contribution >= 4 is 16.4 Å². The molecule has 0 aromatic rings. The van der Waals surface area contributed by atoms with Crippen LogP contribution in [0.3, 0.4) is 0 Å². The van der Waals surface area contributed by atoms with Gasteiger partial charge in [0.2, 0.25) is 0 Å². The molecule has 2 bridgehead atoms. The van der Waals surface area contributed by atoms with Crippen molar-refractivity contribution in [3.05, 3.63) is 0 Å². The van der Waals surface area contributed by atoms with Gasteiger partial charge in [0.25, 0.3) is 0 Å². The Morgan fingerprint density at radius 2 is 1.86 bits per heavy atom. The van der Waals surface area contributed by atoms with E-state index in [4.69, 9.17) is 29.0 Å². The number of guanidine groups is 1. The first-order chi connectivity index (χ1) is 9.85. The fourth-order valence-electron chi connectivity index (χ4n) is 3.63. The van der Waals surface area contributed by atoms with Gasteiger partial charge in [-0.2, -0.15) is 8.42 Å². The molecule has 2 atom stereocenters. The molecule has 2 fully saturated rings. The van der Waals surface area contributed by atoms with Crippen LogP contribution in [0, 0.1) is 16.7 Å². The van der Waals surface area contributed by atoms with Crippen LogP contribution in [0.2, 0.25) is 0 Å². The van der Waals surface area contributed by atoms with E-state index < -0.39 is 10.4 Å². The maximum absolute atomic E-state index is 8.74. The predicted octanol–water partition coefficient (Wildman–Crippen LogP) is 0.365. The lowest BCUT2D eigenvalue weighted by Gasteiger charge is -2.50. The Bertz CT molecular complexity index is 508. The lowest BCUT2D eigenvalue weighted by molar-refractivity contribution is -0.0160. The van der Waals surface area contributed by atoms with E-state index in [1.807, 2.05) is 0 Å². The quantitative estimate of drug-likeness (QED) is 0.331. The third kappa shape index (κ3) is 5.08. The summed E-state index contributed by atoms with van der Waals surface area (Å²) in [5, 5.41) is 0. The normalized spacial score (nSPS) is 30.3. The van der Waals surface area contributed by atoms with E-state index in [1.165, 1.54) is 25.9 Å². The van der Waals surface area contributed by atoms with Crippen molar-refractivity contribution in [1.82, 2.24) is 4.90 Å². The molecule has 2 unspecified atom stereocenters. The highest BCUT2D eigenvalue weighted by Gasteiger charge is 2.55. The second kappa shape index (κ2) is 6.69. The zero-order valence-corrected chi connectivity index (χ0v) is 14.3. The van der Waals surface area contributed by atoms with Crippen LogP contribution in [-0.4, -0.2) is 54.6 Å². The topological polar surface area (TPSA) is 142 Å². The number of nitrogens with two attached hydrogens (primary N) is 2. The molecular formula is C13H28N4O4S. The van der Waals surface area contributed by atoms with Gasteiger partial charge in [0, 0.05) is 19.6 Å². The molecule has 22 heavy (non-hydrogen) atoms. The number of piperidine rings is 1. The molecule has 0 aromatic carbocycles. The van der Waals surface area contributed by atoms with Crippen molar-refractivity contribution < 1.29 is 17.5 Å². The molecular weight excluding hydrogens is 308 g/mol. The predicted molar refractivity (Wildman–Crippen MR) is 85.9 cm³/mol.